The van der Waals surface area contributed by atoms with Gasteiger partial charge in [0.05, 0.1) is 18.2 Å². The van der Waals surface area contributed by atoms with E-state index in [4.69, 9.17) is 4.52 Å². The number of aromatic nitrogens is 3. The van der Waals surface area contributed by atoms with Crippen molar-refractivity contribution in [3.8, 4) is 0 Å². The van der Waals surface area contributed by atoms with Gasteiger partial charge in [-0.25, -0.2) is 4.98 Å². The van der Waals surface area contributed by atoms with Crippen molar-refractivity contribution >= 4 is 5.91 Å². The van der Waals surface area contributed by atoms with Crippen molar-refractivity contribution in [2.24, 2.45) is 5.92 Å². The normalized spacial score (nSPS) is 20.5. The minimum Gasteiger partial charge on any atom is -0.361 e. The third kappa shape index (κ3) is 3.55. The Kier molecular flexibility index (Phi) is 5.20. The molecule has 0 saturated carbocycles. The summed E-state index contributed by atoms with van der Waals surface area (Å²) < 4.78 is 7.50. The van der Waals surface area contributed by atoms with E-state index < -0.39 is 0 Å². The summed E-state index contributed by atoms with van der Waals surface area (Å²) in [5, 5.41) is 4.06. The highest BCUT2D eigenvalue weighted by atomic mass is 16.5. The van der Waals surface area contributed by atoms with Gasteiger partial charge in [-0.3, -0.25) is 4.79 Å². The fourth-order valence-corrected chi connectivity index (χ4v) is 4.29. The highest BCUT2D eigenvalue weighted by Gasteiger charge is 2.30. The quantitative estimate of drug-likeness (QED) is 0.758. The van der Waals surface area contributed by atoms with Gasteiger partial charge in [0.25, 0.3) is 0 Å². The van der Waals surface area contributed by atoms with Crippen molar-refractivity contribution in [3.63, 3.8) is 0 Å². The Balaban J connectivity index is 1.42. The van der Waals surface area contributed by atoms with Crippen LogP contribution in [-0.2, 0) is 11.3 Å². The van der Waals surface area contributed by atoms with Gasteiger partial charge >= 0.3 is 0 Å². The molecule has 1 amide bonds. The van der Waals surface area contributed by atoms with Gasteiger partial charge < -0.3 is 14.0 Å². The van der Waals surface area contributed by atoms with Crippen molar-refractivity contribution in [2.75, 3.05) is 13.1 Å². The highest BCUT2D eigenvalue weighted by molar-refractivity contribution is 5.83. The van der Waals surface area contributed by atoms with E-state index in [1.54, 1.807) is 0 Å². The summed E-state index contributed by atoms with van der Waals surface area (Å²) >= 11 is 0. The van der Waals surface area contributed by atoms with Gasteiger partial charge in [0.15, 0.2) is 0 Å². The van der Waals surface area contributed by atoms with Gasteiger partial charge in [-0.2, -0.15) is 0 Å². The molecular weight excluding hydrogens is 352 g/mol. The van der Waals surface area contributed by atoms with Crippen LogP contribution in [0.15, 0.2) is 40.7 Å². The summed E-state index contributed by atoms with van der Waals surface area (Å²) in [4.78, 5) is 19.6. The molecule has 3 heterocycles. The summed E-state index contributed by atoms with van der Waals surface area (Å²) in [5.41, 5.74) is 3.23. The van der Waals surface area contributed by atoms with Crippen LogP contribution in [-0.4, -0.2) is 38.6 Å². The van der Waals surface area contributed by atoms with Gasteiger partial charge in [-0.1, -0.05) is 29.0 Å². The number of carbonyl (C=O) groups is 1. The molecule has 6 heteroatoms. The molecule has 2 aromatic heterocycles. The minimum atomic E-state index is -0.0770. The fraction of sp³-hybridized carbons (Fsp3) is 0.500. The molecule has 0 bridgehead atoms. The highest BCUT2D eigenvalue weighted by Crippen LogP contribution is 2.30. The van der Waals surface area contributed by atoms with E-state index in [0.717, 1.165) is 61.7 Å². The Morgan fingerprint density at radius 3 is 2.71 bits per heavy atom. The lowest BCUT2D eigenvalue weighted by Crippen LogP contribution is -2.41. The van der Waals surface area contributed by atoms with Crippen molar-refractivity contribution in [2.45, 2.75) is 52.5 Å². The van der Waals surface area contributed by atoms with Crippen LogP contribution in [0.1, 0.15) is 54.9 Å². The van der Waals surface area contributed by atoms with Crippen LogP contribution in [0.4, 0.5) is 0 Å². The molecule has 0 aromatic carbocycles. The van der Waals surface area contributed by atoms with E-state index in [1.165, 1.54) is 5.57 Å². The number of rotatable bonds is 4. The first-order chi connectivity index (χ1) is 13.5. The molecule has 1 saturated heterocycles. The summed E-state index contributed by atoms with van der Waals surface area (Å²) in [6.07, 6.45) is 13.0. The van der Waals surface area contributed by atoms with E-state index >= 15 is 0 Å². The molecule has 1 aliphatic heterocycles. The second-order valence-corrected chi connectivity index (χ2v) is 7.91. The second-order valence-electron chi connectivity index (χ2n) is 7.91. The largest absolute Gasteiger partial charge is 0.361 e. The van der Waals surface area contributed by atoms with Crippen molar-refractivity contribution < 1.29 is 9.32 Å². The maximum absolute atomic E-state index is 12.9. The Bertz CT molecular complexity index is 893. The lowest BCUT2D eigenvalue weighted by Gasteiger charge is -2.34. The SMILES string of the molecule is CC1=CCC=CC1C(=O)N1CCC(c2nccn2Cc2c(C)noc2C)CC1. The van der Waals surface area contributed by atoms with E-state index in [9.17, 15) is 4.79 Å². The zero-order chi connectivity index (χ0) is 19.7. The molecule has 0 N–H and O–H groups in total. The second kappa shape index (κ2) is 7.78. The lowest BCUT2D eigenvalue weighted by atomic mass is 9.90. The first kappa shape index (κ1) is 18.7. The number of carbonyl (C=O) groups excluding carboxylic acids is 1. The summed E-state index contributed by atoms with van der Waals surface area (Å²) in [5.74, 6) is 2.49. The molecule has 2 aromatic rings. The van der Waals surface area contributed by atoms with Gasteiger partial charge in [-0.15, -0.1) is 0 Å². The van der Waals surface area contributed by atoms with E-state index in [-0.39, 0.29) is 11.8 Å². The smallest absolute Gasteiger partial charge is 0.233 e. The van der Waals surface area contributed by atoms with Crippen LogP contribution in [0.3, 0.4) is 0 Å². The first-order valence-corrected chi connectivity index (χ1v) is 10.1. The monoisotopic (exact) mass is 380 g/mol. The number of imidazole rings is 1. The summed E-state index contributed by atoms with van der Waals surface area (Å²) in [6.45, 7) is 8.30. The molecule has 148 valence electrons. The molecule has 1 atom stereocenters. The van der Waals surface area contributed by atoms with Crippen molar-refractivity contribution in [1.29, 1.82) is 0 Å². The van der Waals surface area contributed by atoms with Gasteiger partial charge in [0.1, 0.15) is 11.6 Å². The van der Waals surface area contributed by atoms with Crippen LogP contribution in [0.2, 0.25) is 0 Å². The molecule has 0 spiro atoms. The van der Waals surface area contributed by atoms with Crippen LogP contribution >= 0.6 is 0 Å². The molecule has 1 fully saturated rings. The Labute approximate surface area is 165 Å². The minimum absolute atomic E-state index is 0.0770. The fourth-order valence-electron chi connectivity index (χ4n) is 4.29. The molecule has 0 radical (unpaired) electrons. The average Bonchev–Trinajstić information content (AvgIpc) is 3.30. The number of amides is 1. The Hall–Kier alpha value is -2.63. The van der Waals surface area contributed by atoms with E-state index in [2.05, 4.69) is 39.9 Å². The van der Waals surface area contributed by atoms with Crippen molar-refractivity contribution in [1.82, 2.24) is 19.6 Å². The zero-order valence-electron chi connectivity index (χ0n) is 16.9. The van der Waals surface area contributed by atoms with Gasteiger partial charge in [0.2, 0.25) is 5.91 Å². The number of nitrogens with zero attached hydrogens (tertiary/aromatic N) is 4. The maximum atomic E-state index is 12.9. The number of likely N-dealkylation sites (tertiary alicyclic amines) is 1. The van der Waals surface area contributed by atoms with Crippen LogP contribution in [0, 0.1) is 19.8 Å². The number of piperidine rings is 1. The molecule has 2 aliphatic rings. The first-order valence-electron chi connectivity index (χ1n) is 10.1. The number of aryl methyl sites for hydroxylation is 2. The predicted octanol–water partition coefficient (Wildman–Crippen LogP) is 3.76. The van der Waals surface area contributed by atoms with Crippen LogP contribution < -0.4 is 0 Å². The summed E-state index contributed by atoms with van der Waals surface area (Å²) in [6, 6.07) is 0. The number of hydrogen-bond acceptors (Lipinski definition) is 4. The lowest BCUT2D eigenvalue weighted by molar-refractivity contribution is -0.134. The predicted molar refractivity (Wildman–Crippen MR) is 107 cm³/mol. The standard InChI is InChI=1S/C22H28N4O2/c1-15-6-4-5-7-19(15)22(27)25-11-8-18(9-12-25)21-23-10-13-26(21)14-20-16(2)24-28-17(20)3/h5-7,10,13,18-19H,4,8-9,11-12,14H2,1-3H3. The number of allylic oxidation sites excluding steroid dienone is 2. The average molecular weight is 380 g/mol. The van der Waals surface area contributed by atoms with Crippen molar-refractivity contribution in [3.05, 3.63) is 59.0 Å². The molecule has 1 unspecified atom stereocenters. The third-order valence-electron chi connectivity index (χ3n) is 6.09. The third-order valence-corrected chi connectivity index (χ3v) is 6.09. The molecule has 6 nitrogen and oxygen atoms in total. The summed E-state index contributed by atoms with van der Waals surface area (Å²) in [7, 11) is 0. The van der Waals surface area contributed by atoms with Crippen LogP contribution in [0.5, 0.6) is 0 Å². The van der Waals surface area contributed by atoms with E-state index in [1.807, 2.05) is 31.1 Å². The maximum Gasteiger partial charge on any atom is 0.233 e. The molecular formula is C22H28N4O2. The van der Waals surface area contributed by atoms with Gasteiger partial charge in [-0.05, 0) is 40.0 Å². The molecule has 1 aliphatic carbocycles. The van der Waals surface area contributed by atoms with Crippen LogP contribution in [0.25, 0.3) is 0 Å². The molecule has 4 rings (SSSR count). The Morgan fingerprint density at radius 1 is 1.25 bits per heavy atom. The molecule has 28 heavy (non-hydrogen) atoms. The topological polar surface area (TPSA) is 64.2 Å². The van der Waals surface area contributed by atoms with E-state index in [0.29, 0.717) is 5.92 Å². The van der Waals surface area contributed by atoms with Gasteiger partial charge in [0, 0.05) is 37.0 Å². The number of hydrogen-bond donors (Lipinski definition) is 0. The Morgan fingerprint density at radius 2 is 2.04 bits per heavy atom. The zero-order valence-corrected chi connectivity index (χ0v) is 16.9.